The largest absolute Gasteiger partial charge is 0.433 e. The molecule has 0 spiro atoms. The van der Waals surface area contributed by atoms with Crippen LogP contribution in [0.15, 0.2) is 41.1 Å². The van der Waals surface area contributed by atoms with Gasteiger partial charge in [-0.25, -0.2) is 9.97 Å². The summed E-state index contributed by atoms with van der Waals surface area (Å²) in [6.45, 7) is 2.59. The third-order valence-electron chi connectivity index (χ3n) is 4.63. The Morgan fingerprint density at radius 1 is 1.27 bits per heavy atom. The first kappa shape index (κ1) is 19.1. The molecular formula is C18H20BrF3N4. The molecule has 1 aromatic carbocycles. The first-order valence-corrected chi connectivity index (χ1v) is 9.21. The summed E-state index contributed by atoms with van der Waals surface area (Å²) in [6.07, 6.45) is -1.55. The minimum absolute atomic E-state index is 0.117. The number of likely N-dealkylation sites (tertiary alicyclic amines) is 1. The number of anilines is 1. The molecule has 1 saturated heterocycles. The van der Waals surface area contributed by atoms with E-state index < -0.39 is 11.9 Å². The van der Waals surface area contributed by atoms with Gasteiger partial charge in [-0.15, -0.1) is 0 Å². The molecule has 2 aromatic rings. The summed E-state index contributed by atoms with van der Waals surface area (Å²) in [5.41, 5.74) is 0.306. The van der Waals surface area contributed by atoms with Crippen LogP contribution in [0.1, 0.15) is 24.1 Å². The lowest BCUT2D eigenvalue weighted by atomic mass is 10.0. The second-order valence-corrected chi connectivity index (χ2v) is 7.45. The molecule has 0 N–H and O–H groups in total. The van der Waals surface area contributed by atoms with Crippen molar-refractivity contribution in [1.29, 1.82) is 0 Å². The zero-order valence-corrected chi connectivity index (χ0v) is 16.0. The van der Waals surface area contributed by atoms with Crippen molar-refractivity contribution >= 4 is 21.7 Å². The van der Waals surface area contributed by atoms with Crippen LogP contribution in [0.2, 0.25) is 0 Å². The summed E-state index contributed by atoms with van der Waals surface area (Å²) < 4.78 is 39.7. The molecule has 140 valence electrons. The molecule has 4 nitrogen and oxygen atoms in total. The Kier molecular flexibility index (Phi) is 5.82. The van der Waals surface area contributed by atoms with Crippen LogP contribution in [0, 0.1) is 0 Å². The monoisotopic (exact) mass is 428 g/mol. The first-order valence-electron chi connectivity index (χ1n) is 8.42. The van der Waals surface area contributed by atoms with Gasteiger partial charge in [0.05, 0.1) is 0 Å². The Bertz CT molecular complexity index is 753. The van der Waals surface area contributed by atoms with Gasteiger partial charge in [-0.05, 0) is 37.1 Å². The van der Waals surface area contributed by atoms with Gasteiger partial charge in [0.15, 0.2) is 0 Å². The standard InChI is InChI=1S/C18H20BrF3N4/c1-25(17-9-16(18(20,21)22)23-12-24-17)15-6-3-7-26(11-15)10-13-4-2-5-14(19)8-13/h2,4-5,8-9,12,15H,3,6-7,10-11H2,1H3. The summed E-state index contributed by atoms with van der Waals surface area (Å²) in [7, 11) is 1.80. The quantitative estimate of drug-likeness (QED) is 0.723. The summed E-state index contributed by atoms with van der Waals surface area (Å²) in [5, 5.41) is 0. The number of hydrogen-bond donors (Lipinski definition) is 0. The lowest BCUT2D eigenvalue weighted by Gasteiger charge is -2.38. The number of likely N-dealkylation sites (N-methyl/N-ethyl adjacent to an activating group) is 1. The van der Waals surface area contributed by atoms with E-state index in [9.17, 15) is 13.2 Å². The van der Waals surface area contributed by atoms with Gasteiger partial charge in [-0.3, -0.25) is 4.90 Å². The van der Waals surface area contributed by atoms with E-state index in [4.69, 9.17) is 0 Å². The molecule has 0 radical (unpaired) electrons. The molecule has 1 fully saturated rings. The summed E-state index contributed by atoms with van der Waals surface area (Å²) >= 11 is 3.48. The number of aromatic nitrogens is 2. The van der Waals surface area contributed by atoms with Crippen molar-refractivity contribution in [3.05, 3.63) is 52.4 Å². The van der Waals surface area contributed by atoms with E-state index in [1.807, 2.05) is 17.0 Å². The molecule has 1 aliphatic heterocycles. The van der Waals surface area contributed by atoms with Gasteiger partial charge in [0.2, 0.25) is 0 Å². The zero-order valence-electron chi connectivity index (χ0n) is 14.4. The van der Waals surface area contributed by atoms with Crippen LogP contribution in [-0.4, -0.2) is 41.0 Å². The molecule has 1 aliphatic rings. The van der Waals surface area contributed by atoms with E-state index in [-0.39, 0.29) is 6.04 Å². The predicted octanol–water partition coefficient (Wildman–Crippen LogP) is 4.36. The molecule has 0 aliphatic carbocycles. The van der Waals surface area contributed by atoms with Crippen molar-refractivity contribution in [2.24, 2.45) is 0 Å². The van der Waals surface area contributed by atoms with Gasteiger partial charge in [0, 0.05) is 36.7 Å². The van der Waals surface area contributed by atoms with Crippen molar-refractivity contribution in [2.75, 3.05) is 25.0 Å². The molecule has 1 unspecified atom stereocenters. The van der Waals surface area contributed by atoms with Gasteiger partial charge in [-0.2, -0.15) is 13.2 Å². The van der Waals surface area contributed by atoms with Crippen LogP contribution >= 0.6 is 15.9 Å². The topological polar surface area (TPSA) is 32.3 Å². The average molecular weight is 429 g/mol. The Labute approximate surface area is 159 Å². The smallest absolute Gasteiger partial charge is 0.355 e. The van der Waals surface area contributed by atoms with Crippen molar-refractivity contribution < 1.29 is 13.2 Å². The normalized spacial score (nSPS) is 18.7. The minimum atomic E-state index is -4.46. The van der Waals surface area contributed by atoms with E-state index in [0.29, 0.717) is 5.82 Å². The molecule has 2 heterocycles. The number of hydrogen-bond acceptors (Lipinski definition) is 4. The second-order valence-electron chi connectivity index (χ2n) is 6.53. The first-order chi connectivity index (χ1) is 12.3. The highest BCUT2D eigenvalue weighted by atomic mass is 79.9. The van der Waals surface area contributed by atoms with E-state index >= 15 is 0 Å². The van der Waals surface area contributed by atoms with E-state index in [2.05, 4.69) is 42.9 Å². The van der Waals surface area contributed by atoms with Gasteiger partial charge >= 0.3 is 6.18 Å². The molecular weight excluding hydrogens is 409 g/mol. The fourth-order valence-electron chi connectivity index (χ4n) is 3.27. The van der Waals surface area contributed by atoms with E-state index in [1.54, 1.807) is 7.05 Å². The number of piperidine rings is 1. The maximum Gasteiger partial charge on any atom is 0.433 e. The minimum Gasteiger partial charge on any atom is -0.355 e. The Morgan fingerprint density at radius 2 is 2.08 bits per heavy atom. The summed E-state index contributed by atoms with van der Waals surface area (Å²) in [6, 6.07) is 9.31. The molecule has 0 bridgehead atoms. The number of alkyl halides is 3. The molecule has 26 heavy (non-hydrogen) atoms. The fraction of sp³-hybridized carbons (Fsp3) is 0.444. The second kappa shape index (κ2) is 7.92. The lowest BCUT2D eigenvalue weighted by Crippen LogP contribution is -2.46. The molecule has 0 saturated carbocycles. The van der Waals surface area contributed by atoms with Crippen LogP contribution in [-0.2, 0) is 12.7 Å². The van der Waals surface area contributed by atoms with Crippen LogP contribution in [0.25, 0.3) is 0 Å². The predicted molar refractivity (Wildman–Crippen MR) is 97.9 cm³/mol. The van der Waals surface area contributed by atoms with Crippen LogP contribution in [0.4, 0.5) is 19.0 Å². The summed E-state index contributed by atoms with van der Waals surface area (Å²) in [5.74, 6) is 0.307. The Morgan fingerprint density at radius 3 is 2.81 bits per heavy atom. The van der Waals surface area contributed by atoms with Gasteiger partial charge in [-0.1, -0.05) is 28.1 Å². The fourth-order valence-corrected chi connectivity index (χ4v) is 3.71. The average Bonchev–Trinajstić information content (AvgIpc) is 2.61. The van der Waals surface area contributed by atoms with Crippen molar-refractivity contribution in [2.45, 2.75) is 31.6 Å². The zero-order chi connectivity index (χ0) is 18.7. The Hall–Kier alpha value is -1.67. The van der Waals surface area contributed by atoms with Gasteiger partial charge < -0.3 is 4.90 Å². The van der Waals surface area contributed by atoms with E-state index in [0.717, 1.165) is 49.3 Å². The van der Waals surface area contributed by atoms with Crippen LogP contribution in [0.3, 0.4) is 0 Å². The number of halogens is 4. The van der Waals surface area contributed by atoms with Crippen molar-refractivity contribution in [3.63, 3.8) is 0 Å². The lowest BCUT2D eigenvalue weighted by molar-refractivity contribution is -0.141. The molecule has 1 atom stereocenters. The molecule has 0 amide bonds. The highest BCUT2D eigenvalue weighted by molar-refractivity contribution is 9.10. The maximum atomic E-state index is 12.9. The van der Waals surface area contributed by atoms with Crippen molar-refractivity contribution in [3.8, 4) is 0 Å². The Balaban J connectivity index is 1.69. The molecule has 8 heteroatoms. The van der Waals surface area contributed by atoms with Gasteiger partial charge in [0.25, 0.3) is 0 Å². The highest BCUT2D eigenvalue weighted by Crippen LogP contribution is 2.30. The summed E-state index contributed by atoms with van der Waals surface area (Å²) in [4.78, 5) is 11.5. The number of rotatable bonds is 4. The third kappa shape index (κ3) is 4.73. The third-order valence-corrected chi connectivity index (χ3v) is 5.12. The highest BCUT2D eigenvalue weighted by Gasteiger charge is 2.33. The van der Waals surface area contributed by atoms with E-state index in [1.165, 1.54) is 5.56 Å². The SMILES string of the molecule is CN(c1cc(C(F)(F)F)ncn1)C1CCCN(Cc2cccc(Br)c2)C1. The maximum absolute atomic E-state index is 12.9. The van der Waals surface area contributed by atoms with Crippen LogP contribution in [0.5, 0.6) is 0 Å². The molecule has 1 aromatic heterocycles. The van der Waals surface area contributed by atoms with Crippen LogP contribution < -0.4 is 4.90 Å². The number of benzene rings is 1. The number of nitrogens with zero attached hydrogens (tertiary/aromatic N) is 4. The van der Waals surface area contributed by atoms with Gasteiger partial charge in [0.1, 0.15) is 17.8 Å². The molecule has 3 rings (SSSR count). The van der Waals surface area contributed by atoms with Crippen molar-refractivity contribution in [1.82, 2.24) is 14.9 Å².